The second-order valence-corrected chi connectivity index (χ2v) is 5.70. The molecule has 1 aliphatic rings. The van der Waals surface area contributed by atoms with Crippen LogP contribution in [0.2, 0.25) is 0 Å². The Bertz CT molecular complexity index is 692. The number of carbonyl (C=O) groups is 1. The Hall–Kier alpha value is -2.41. The number of methoxy groups -OCH3 is 1. The molecular formula is C16H21N5O2. The maximum atomic E-state index is 12.4. The van der Waals surface area contributed by atoms with Crippen molar-refractivity contribution >= 4 is 11.6 Å². The third kappa shape index (κ3) is 3.50. The maximum Gasteiger partial charge on any atom is 0.276 e. The minimum absolute atomic E-state index is 0.266. The molecule has 1 fully saturated rings. The molecule has 23 heavy (non-hydrogen) atoms. The van der Waals surface area contributed by atoms with E-state index in [-0.39, 0.29) is 5.91 Å². The number of ether oxygens (including phenoxy) is 1. The fourth-order valence-electron chi connectivity index (χ4n) is 2.72. The topological polar surface area (TPSA) is 81.1 Å². The Labute approximate surface area is 135 Å². The zero-order valence-corrected chi connectivity index (χ0v) is 13.4. The molecule has 1 aliphatic heterocycles. The number of pyridine rings is 1. The van der Waals surface area contributed by atoms with Crippen LogP contribution in [-0.2, 0) is 0 Å². The number of anilines is 1. The zero-order chi connectivity index (χ0) is 16.2. The van der Waals surface area contributed by atoms with Crippen LogP contribution in [0.3, 0.4) is 0 Å². The van der Waals surface area contributed by atoms with E-state index in [0.717, 1.165) is 31.5 Å². The summed E-state index contributed by atoms with van der Waals surface area (Å²) >= 11 is 0. The molecule has 0 radical (unpaired) electrons. The van der Waals surface area contributed by atoms with Gasteiger partial charge >= 0.3 is 0 Å². The Kier molecular flexibility index (Phi) is 4.57. The molecule has 7 nitrogen and oxygen atoms in total. The van der Waals surface area contributed by atoms with Crippen molar-refractivity contribution in [3.63, 3.8) is 0 Å². The predicted molar refractivity (Wildman–Crippen MR) is 86.8 cm³/mol. The Morgan fingerprint density at radius 1 is 1.52 bits per heavy atom. The molecule has 2 aromatic heterocycles. The molecule has 1 saturated heterocycles. The molecule has 3 heterocycles. The van der Waals surface area contributed by atoms with E-state index in [0.29, 0.717) is 23.3 Å². The van der Waals surface area contributed by atoms with Crippen LogP contribution in [0.25, 0.3) is 0 Å². The molecule has 1 amide bonds. The monoisotopic (exact) mass is 315 g/mol. The quantitative estimate of drug-likeness (QED) is 0.899. The van der Waals surface area contributed by atoms with Gasteiger partial charge in [0.05, 0.1) is 13.2 Å². The summed E-state index contributed by atoms with van der Waals surface area (Å²) in [4.78, 5) is 16.6. The number of piperidine rings is 1. The Morgan fingerprint density at radius 2 is 2.39 bits per heavy atom. The fourth-order valence-corrected chi connectivity index (χ4v) is 2.72. The summed E-state index contributed by atoms with van der Waals surface area (Å²) in [6.07, 6.45) is 5.75. The molecular weight excluding hydrogens is 294 g/mol. The van der Waals surface area contributed by atoms with Gasteiger partial charge in [-0.25, -0.2) is 4.98 Å². The summed E-state index contributed by atoms with van der Waals surface area (Å²) in [7, 11) is 1.53. The lowest BCUT2D eigenvalue weighted by molar-refractivity contribution is 0.102. The normalized spacial score (nSPS) is 17.7. The van der Waals surface area contributed by atoms with Crippen molar-refractivity contribution in [3.8, 4) is 5.88 Å². The highest BCUT2D eigenvalue weighted by atomic mass is 16.5. The second kappa shape index (κ2) is 6.78. The molecule has 0 bridgehead atoms. The first-order valence-electron chi connectivity index (χ1n) is 7.75. The van der Waals surface area contributed by atoms with Crippen molar-refractivity contribution in [1.29, 1.82) is 0 Å². The van der Waals surface area contributed by atoms with Gasteiger partial charge in [-0.05, 0) is 44.0 Å². The summed E-state index contributed by atoms with van der Waals surface area (Å²) in [6.45, 7) is 3.84. The van der Waals surface area contributed by atoms with Gasteiger partial charge in [0.2, 0.25) is 5.88 Å². The number of hydrogen-bond acceptors (Lipinski definition) is 5. The third-order valence-corrected chi connectivity index (χ3v) is 3.92. The summed E-state index contributed by atoms with van der Waals surface area (Å²) in [6, 6.07) is 3.87. The van der Waals surface area contributed by atoms with E-state index < -0.39 is 0 Å². The number of aromatic nitrogens is 3. The lowest BCUT2D eigenvalue weighted by Gasteiger charge is -2.22. The number of aryl methyl sites for hydroxylation is 1. The van der Waals surface area contributed by atoms with Gasteiger partial charge in [-0.2, -0.15) is 5.10 Å². The van der Waals surface area contributed by atoms with Gasteiger partial charge in [0.1, 0.15) is 5.69 Å². The van der Waals surface area contributed by atoms with Gasteiger partial charge in [-0.1, -0.05) is 0 Å². The van der Waals surface area contributed by atoms with Crippen LogP contribution < -0.4 is 15.4 Å². The first kappa shape index (κ1) is 15.5. The summed E-state index contributed by atoms with van der Waals surface area (Å²) in [5.41, 5.74) is 1.88. The van der Waals surface area contributed by atoms with E-state index in [1.54, 1.807) is 12.3 Å². The van der Waals surface area contributed by atoms with Crippen molar-refractivity contribution in [1.82, 2.24) is 20.1 Å². The number of nitrogens with one attached hydrogen (secondary N) is 2. The molecule has 7 heteroatoms. The van der Waals surface area contributed by atoms with Crippen LogP contribution in [0.1, 0.15) is 34.9 Å². The van der Waals surface area contributed by atoms with Crippen LogP contribution in [0, 0.1) is 6.92 Å². The highest BCUT2D eigenvalue weighted by Crippen LogP contribution is 2.23. The van der Waals surface area contributed by atoms with Gasteiger partial charge < -0.3 is 15.4 Å². The minimum Gasteiger partial charge on any atom is -0.480 e. The van der Waals surface area contributed by atoms with Crippen molar-refractivity contribution in [3.05, 3.63) is 35.8 Å². The summed E-state index contributed by atoms with van der Waals surface area (Å²) < 4.78 is 7.05. The molecule has 0 saturated carbocycles. The largest absolute Gasteiger partial charge is 0.480 e. The highest BCUT2D eigenvalue weighted by Gasteiger charge is 2.18. The van der Waals surface area contributed by atoms with Crippen LogP contribution in [0.4, 0.5) is 5.69 Å². The summed E-state index contributed by atoms with van der Waals surface area (Å²) in [5, 5.41) is 10.6. The zero-order valence-electron chi connectivity index (χ0n) is 13.4. The number of nitrogens with zero attached hydrogens (tertiary/aromatic N) is 3. The van der Waals surface area contributed by atoms with E-state index in [2.05, 4.69) is 20.7 Å². The van der Waals surface area contributed by atoms with Crippen molar-refractivity contribution in [2.24, 2.45) is 0 Å². The van der Waals surface area contributed by atoms with Crippen molar-refractivity contribution in [2.75, 3.05) is 25.5 Å². The number of rotatable bonds is 4. The lowest BCUT2D eigenvalue weighted by Crippen LogP contribution is -2.32. The number of amides is 1. The standard InChI is InChI=1S/C16H21N5O2/c1-11-8-14(16(23-2)18-9-11)19-15(22)13-5-7-21(20-13)12-4-3-6-17-10-12/h5,7-9,12,17H,3-4,6,10H2,1-2H3,(H,19,22). The number of carbonyl (C=O) groups excluding carboxylic acids is 1. The number of hydrogen-bond donors (Lipinski definition) is 2. The van der Waals surface area contributed by atoms with Gasteiger partial charge in [0, 0.05) is 18.9 Å². The fraction of sp³-hybridized carbons (Fsp3) is 0.438. The molecule has 0 aromatic carbocycles. The van der Waals surface area contributed by atoms with Crippen LogP contribution >= 0.6 is 0 Å². The van der Waals surface area contributed by atoms with Gasteiger partial charge in [-0.3, -0.25) is 9.48 Å². The molecule has 2 N–H and O–H groups in total. The van der Waals surface area contributed by atoms with Gasteiger partial charge in [0.25, 0.3) is 5.91 Å². The van der Waals surface area contributed by atoms with E-state index in [1.165, 1.54) is 7.11 Å². The molecule has 1 atom stereocenters. The SMILES string of the molecule is COc1ncc(C)cc1NC(=O)c1ccn(C2CCCNC2)n1. The molecule has 0 spiro atoms. The Balaban J connectivity index is 1.73. The van der Waals surface area contributed by atoms with Crippen LogP contribution in [0.15, 0.2) is 24.5 Å². The summed E-state index contributed by atoms with van der Waals surface area (Å²) in [5.74, 6) is 0.123. The van der Waals surface area contributed by atoms with E-state index in [4.69, 9.17) is 4.74 Å². The van der Waals surface area contributed by atoms with E-state index >= 15 is 0 Å². The first-order valence-corrected chi connectivity index (χ1v) is 7.75. The smallest absolute Gasteiger partial charge is 0.276 e. The van der Waals surface area contributed by atoms with Crippen LogP contribution in [-0.4, -0.2) is 40.9 Å². The predicted octanol–water partition coefficient (Wildman–Crippen LogP) is 1.77. The maximum absolute atomic E-state index is 12.4. The molecule has 3 rings (SSSR count). The average molecular weight is 315 g/mol. The molecule has 1 unspecified atom stereocenters. The van der Waals surface area contributed by atoms with Crippen LogP contribution in [0.5, 0.6) is 5.88 Å². The molecule has 122 valence electrons. The molecule has 0 aliphatic carbocycles. The first-order chi connectivity index (χ1) is 11.2. The van der Waals surface area contributed by atoms with E-state index in [1.807, 2.05) is 23.9 Å². The van der Waals surface area contributed by atoms with Gasteiger partial charge in [-0.15, -0.1) is 0 Å². The van der Waals surface area contributed by atoms with Crippen molar-refractivity contribution < 1.29 is 9.53 Å². The van der Waals surface area contributed by atoms with Gasteiger partial charge in [0.15, 0.2) is 5.69 Å². The van der Waals surface area contributed by atoms with Crippen molar-refractivity contribution in [2.45, 2.75) is 25.8 Å². The lowest BCUT2D eigenvalue weighted by atomic mass is 10.1. The Morgan fingerprint density at radius 3 is 3.13 bits per heavy atom. The van der Waals surface area contributed by atoms with E-state index in [9.17, 15) is 4.79 Å². The minimum atomic E-state index is -0.266. The average Bonchev–Trinajstić information content (AvgIpc) is 3.06. The third-order valence-electron chi connectivity index (χ3n) is 3.92. The second-order valence-electron chi connectivity index (χ2n) is 5.70. The molecule has 2 aromatic rings. The highest BCUT2D eigenvalue weighted by molar-refractivity contribution is 6.03.